The van der Waals surface area contributed by atoms with E-state index in [9.17, 15) is 4.79 Å². The number of hydrogen-bond donors (Lipinski definition) is 2. The fraction of sp³-hybridized carbons (Fsp3) is 0.238. The van der Waals surface area contributed by atoms with Gasteiger partial charge < -0.3 is 20.1 Å². The minimum absolute atomic E-state index is 0.277. The summed E-state index contributed by atoms with van der Waals surface area (Å²) in [5.74, 6) is 1.60. The van der Waals surface area contributed by atoms with Gasteiger partial charge in [0.25, 0.3) is 5.91 Å². The van der Waals surface area contributed by atoms with Crippen molar-refractivity contribution in [3.05, 3.63) is 71.8 Å². The van der Waals surface area contributed by atoms with Gasteiger partial charge in [-0.05, 0) is 55.0 Å². The standard InChI is InChI=1S/C21H23N5O3/c1-15-13-19(26-21(25-15)24-14-16-7-9-22-10-8-16)20(27)23-11-12-29-18-5-3-17(28-2)4-6-18/h3-10,13H,11-12,14H2,1-2H3,(H,23,27)(H,24,25,26). The van der Waals surface area contributed by atoms with E-state index in [1.165, 1.54) is 0 Å². The number of rotatable bonds is 9. The van der Waals surface area contributed by atoms with Crippen LogP contribution in [0.25, 0.3) is 0 Å². The number of benzene rings is 1. The molecule has 0 aliphatic carbocycles. The number of anilines is 1. The molecular formula is C21H23N5O3. The summed E-state index contributed by atoms with van der Waals surface area (Å²) in [7, 11) is 1.61. The summed E-state index contributed by atoms with van der Waals surface area (Å²) in [4.78, 5) is 25.0. The molecule has 0 aliphatic rings. The summed E-state index contributed by atoms with van der Waals surface area (Å²) in [6.07, 6.45) is 3.45. The highest BCUT2D eigenvalue weighted by atomic mass is 16.5. The average Bonchev–Trinajstić information content (AvgIpc) is 2.76. The molecule has 2 N–H and O–H groups in total. The van der Waals surface area contributed by atoms with Gasteiger partial charge in [-0.25, -0.2) is 9.97 Å². The Bertz CT molecular complexity index is 933. The Labute approximate surface area is 169 Å². The molecule has 0 saturated heterocycles. The molecule has 0 atom stereocenters. The van der Waals surface area contributed by atoms with Crippen LogP contribution in [0.3, 0.4) is 0 Å². The van der Waals surface area contributed by atoms with E-state index in [4.69, 9.17) is 9.47 Å². The van der Waals surface area contributed by atoms with Crippen molar-refractivity contribution in [1.82, 2.24) is 20.3 Å². The van der Waals surface area contributed by atoms with Gasteiger partial charge in [0.1, 0.15) is 23.8 Å². The molecule has 1 aromatic carbocycles. The van der Waals surface area contributed by atoms with Crippen molar-refractivity contribution >= 4 is 11.9 Å². The predicted molar refractivity (Wildman–Crippen MR) is 109 cm³/mol. The topological polar surface area (TPSA) is 98.3 Å². The molecule has 8 heteroatoms. The van der Waals surface area contributed by atoms with E-state index in [-0.39, 0.29) is 5.91 Å². The predicted octanol–water partition coefficient (Wildman–Crippen LogP) is 2.61. The molecule has 0 aliphatic heterocycles. The van der Waals surface area contributed by atoms with E-state index in [0.717, 1.165) is 11.3 Å². The van der Waals surface area contributed by atoms with Crippen molar-refractivity contribution in [2.45, 2.75) is 13.5 Å². The van der Waals surface area contributed by atoms with Crippen LogP contribution < -0.4 is 20.1 Å². The van der Waals surface area contributed by atoms with Gasteiger partial charge in [0.15, 0.2) is 0 Å². The lowest BCUT2D eigenvalue weighted by atomic mass is 10.3. The van der Waals surface area contributed by atoms with E-state index >= 15 is 0 Å². The molecule has 1 amide bonds. The van der Waals surface area contributed by atoms with Gasteiger partial charge in [-0.3, -0.25) is 9.78 Å². The number of nitrogens with zero attached hydrogens (tertiary/aromatic N) is 3. The number of carbonyl (C=O) groups excluding carboxylic acids is 1. The van der Waals surface area contributed by atoms with Gasteiger partial charge >= 0.3 is 0 Å². The van der Waals surface area contributed by atoms with Crippen LogP contribution in [0.5, 0.6) is 11.5 Å². The van der Waals surface area contributed by atoms with Crippen molar-refractivity contribution in [2.75, 3.05) is 25.6 Å². The Kier molecular flexibility index (Phi) is 6.94. The van der Waals surface area contributed by atoms with E-state index in [1.54, 1.807) is 25.6 Å². The van der Waals surface area contributed by atoms with Crippen LogP contribution in [0.4, 0.5) is 5.95 Å². The fourth-order valence-electron chi connectivity index (χ4n) is 2.54. The van der Waals surface area contributed by atoms with Crippen LogP contribution in [-0.4, -0.2) is 41.1 Å². The molecule has 2 heterocycles. The monoisotopic (exact) mass is 393 g/mol. The second-order valence-corrected chi connectivity index (χ2v) is 6.21. The van der Waals surface area contributed by atoms with Crippen LogP contribution in [0.15, 0.2) is 54.9 Å². The minimum atomic E-state index is -0.277. The molecular weight excluding hydrogens is 370 g/mol. The number of methoxy groups -OCH3 is 1. The van der Waals surface area contributed by atoms with Gasteiger partial charge in [0, 0.05) is 24.6 Å². The lowest BCUT2D eigenvalue weighted by molar-refractivity contribution is 0.0942. The molecule has 0 fully saturated rings. The summed E-state index contributed by atoms with van der Waals surface area (Å²) in [5, 5.41) is 5.94. The molecule has 0 bridgehead atoms. The average molecular weight is 393 g/mol. The molecule has 0 spiro atoms. The number of ether oxygens (including phenoxy) is 2. The zero-order valence-electron chi connectivity index (χ0n) is 16.4. The summed E-state index contributed by atoms with van der Waals surface area (Å²) in [6, 6.07) is 12.7. The highest BCUT2D eigenvalue weighted by Gasteiger charge is 2.10. The van der Waals surface area contributed by atoms with Gasteiger partial charge in [0.2, 0.25) is 5.95 Å². The Morgan fingerprint density at radius 1 is 1.03 bits per heavy atom. The Morgan fingerprint density at radius 2 is 1.76 bits per heavy atom. The normalized spacial score (nSPS) is 10.3. The van der Waals surface area contributed by atoms with Crippen molar-refractivity contribution in [3.63, 3.8) is 0 Å². The Balaban J connectivity index is 1.49. The first-order chi connectivity index (χ1) is 14.1. The third-order valence-electron chi connectivity index (χ3n) is 4.00. The molecule has 3 aromatic rings. The summed E-state index contributed by atoms with van der Waals surface area (Å²) in [6.45, 7) is 3.06. The van der Waals surface area contributed by atoms with Crippen molar-refractivity contribution < 1.29 is 14.3 Å². The lowest BCUT2D eigenvalue weighted by Gasteiger charge is -2.10. The number of carbonyl (C=O) groups is 1. The third kappa shape index (κ3) is 6.17. The highest BCUT2D eigenvalue weighted by Crippen LogP contribution is 2.16. The van der Waals surface area contributed by atoms with E-state index in [1.807, 2.05) is 43.3 Å². The van der Waals surface area contributed by atoms with Gasteiger partial charge in [0.05, 0.1) is 13.7 Å². The number of amides is 1. The Morgan fingerprint density at radius 3 is 2.48 bits per heavy atom. The number of aromatic nitrogens is 3. The van der Waals surface area contributed by atoms with Gasteiger partial charge in [-0.2, -0.15) is 0 Å². The molecule has 0 unspecified atom stereocenters. The first kappa shape index (κ1) is 20.1. The van der Waals surface area contributed by atoms with Crippen molar-refractivity contribution in [3.8, 4) is 11.5 Å². The van der Waals surface area contributed by atoms with E-state index < -0.39 is 0 Å². The fourth-order valence-corrected chi connectivity index (χ4v) is 2.54. The van der Waals surface area contributed by atoms with Crippen LogP contribution in [-0.2, 0) is 6.54 Å². The maximum atomic E-state index is 12.4. The van der Waals surface area contributed by atoms with Crippen LogP contribution >= 0.6 is 0 Å². The maximum absolute atomic E-state index is 12.4. The molecule has 0 saturated carbocycles. The van der Waals surface area contributed by atoms with Gasteiger partial charge in [-0.1, -0.05) is 0 Å². The van der Waals surface area contributed by atoms with Crippen molar-refractivity contribution in [1.29, 1.82) is 0 Å². The molecule has 0 radical (unpaired) electrons. The molecule has 150 valence electrons. The smallest absolute Gasteiger partial charge is 0.270 e. The summed E-state index contributed by atoms with van der Waals surface area (Å²) >= 11 is 0. The van der Waals surface area contributed by atoms with Gasteiger partial charge in [-0.15, -0.1) is 0 Å². The minimum Gasteiger partial charge on any atom is -0.497 e. The van der Waals surface area contributed by atoms with Crippen LogP contribution in [0.1, 0.15) is 21.7 Å². The molecule has 2 aromatic heterocycles. The second-order valence-electron chi connectivity index (χ2n) is 6.21. The second kappa shape index (κ2) is 10.0. The van der Waals surface area contributed by atoms with Crippen LogP contribution in [0, 0.1) is 6.92 Å². The van der Waals surface area contributed by atoms with Crippen LogP contribution in [0.2, 0.25) is 0 Å². The first-order valence-corrected chi connectivity index (χ1v) is 9.17. The molecule has 8 nitrogen and oxygen atoms in total. The molecule has 29 heavy (non-hydrogen) atoms. The maximum Gasteiger partial charge on any atom is 0.270 e. The Hall–Kier alpha value is -3.68. The van der Waals surface area contributed by atoms with E-state index in [2.05, 4.69) is 25.6 Å². The SMILES string of the molecule is COc1ccc(OCCNC(=O)c2cc(C)nc(NCc3ccncc3)n2)cc1. The zero-order valence-corrected chi connectivity index (χ0v) is 16.4. The summed E-state index contributed by atoms with van der Waals surface area (Å²) < 4.78 is 10.7. The number of nitrogens with one attached hydrogen (secondary N) is 2. The van der Waals surface area contributed by atoms with E-state index in [0.29, 0.717) is 42.8 Å². The number of pyridine rings is 1. The summed E-state index contributed by atoms with van der Waals surface area (Å²) in [5.41, 5.74) is 2.06. The largest absolute Gasteiger partial charge is 0.497 e. The third-order valence-corrected chi connectivity index (χ3v) is 4.00. The highest BCUT2D eigenvalue weighted by molar-refractivity contribution is 5.92. The molecule has 3 rings (SSSR count). The number of hydrogen-bond acceptors (Lipinski definition) is 7. The quantitative estimate of drug-likeness (QED) is 0.539. The lowest BCUT2D eigenvalue weighted by Crippen LogP contribution is -2.29. The zero-order chi connectivity index (χ0) is 20.5. The number of aryl methyl sites for hydroxylation is 1. The van der Waals surface area contributed by atoms with Crippen molar-refractivity contribution in [2.24, 2.45) is 0 Å². The first-order valence-electron chi connectivity index (χ1n) is 9.17.